The molecular weight excluding hydrogens is 214 g/mol. The molecule has 0 spiro atoms. The molecule has 0 aliphatic rings. The number of nitrogens with one attached hydrogen (secondary N) is 1. The highest BCUT2D eigenvalue weighted by atomic mass is 16.1. The molecule has 4 nitrogen and oxygen atoms in total. The summed E-state index contributed by atoms with van der Waals surface area (Å²) in [6, 6.07) is 0. The molecule has 0 aromatic carbocycles. The fourth-order valence-electron chi connectivity index (χ4n) is 1.67. The van der Waals surface area contributed by atoms with Gasteiger partial charge in [0.15, 0.2) is 0 Å². The van der Waals surface area contributed by atoms with Crippen LogP contribution in [0.3, 0.4) is 0 Å². The number of rotatable bonds is 7. The van der Waals surface area contributed by atoms with E-state index in [-0.39, 0.29) is 11.2 Å². The monoisotopic (exact) mass is 239 g/mol. The average Bonchev–Trinajstić information content (AvgIpc) is 2.62. The van der Waals surface area contributed by atoms with E-state index in [2.05, 4.69) is 33.0 Å². The van der Waals surface area contributed by atoms with E-state index >= 15 is 0 Å². The third-order valence-electron chi connectivity index (χ3n) is 3.22. The van der Waals surface area contributed by atoms with Gasteiger partial charge in [-0.25, -0.2) is 4.79 Å². The van der Waals surface area contributed by atoms with E-state index in [1.54, 1.807) is 9.13 Å². The van der Waals surface area contributed by atoms with Crippen molar-refractivity contribution in [1.82, 2.24) is 14.5 Å². The average molecular weight is 239 g/mol. The second-order valence-corrected chi connectivity index (χ2v) is 5.13. The summed E-state index contributed by atoms with van der Waals surface area (Å²) in [5.41, 5.74) is 0.248. The topological polar surface area (TPSA) is 39.0 Å². The fraction of sp³-hybridized carbons (Fsp3) is 0.769. The van der Waals surface area contributed by atoms with Crippen molar-refractivity contribution < 1.29 is 0 Å². The van der Waals surface area contributed by atoms with E-state index in [1.165, 1.54) is 0 Å². The molecule has 4 heteroatoms. The Morgan fingerprint density at radius 3 is 2.29 bits per heavy atom. The summed E-state index contributed by atoms with van der Waals surface area (Å²) in [4.78, 5) is 11.9. The first-order valence-electron chi connectivity index (χ1n) is 6.50. The van der Waals surface area contributed by atoms with Crippen LogP contribution < -0.4 is 11.0 Å². The van der Waals surface area contributed by atoms with Gasteiger partial charge in [-0.05, 0) is 26.7 Å². The van der Waals surface area contributed by atoms with Gasteiger partial charge in [0.2, 0.25) is 0 Å². The quantitative estimate of drug-likeness (QED) is 0.788. The molecule has 1 rings (SSSR count). The van der Waals surface area contributed by atoms with E-state index < -0.39 is 0 Å². The molecule has 0 fully saturated rings. The maximum absolute atomic E-state index is 11.9. The van der Waals surface area contributed by atoms with Crippen LogP contribution in [0.5, 0.6) is 0 Å². The molecule has 0 bridgehead atoms. The van der Waals surface area contributed by atoms with Crippen molar-refractivity contribution in [2.24, 2.45) is 0 Å². The van der Waals surface area contributed by atoms with Gasteiger partial charge in [-0.15, -0.1) is 0 Å². The Labute approximate surface area is 104 Å². The molecule has 1 aromatic rings. The van der Waals surface area contributed by atoms with Crippen LogP contribution in [0.2, 0.25) is 0 Å². The number of imidazole rings is 1. The Balaban J connectivity index is 2.50. The van der Waals surface area contributed by atoms with Gasteiger partial charge >= 0.3 is 5.69 Å². The largest absolute Gasteiger partial charge is 0.328 e. The summed E-state index contributed by atoms with van der Waals surface area (Å²) in [6.45, 7) is 11.0. The Hall–Kier alpha value is -1.03. The molecule has 0 aliphatic carbocycles. The zero-order valence-electron chi connectivity index (χ0n) is 11.5. The van der Waals surface area contributed by atoms with Gasteiger partial charge in [-0.2, -0.15) is 0 Å². The van der Waals surface area contributed by atoms with Crippen molar-refractivity contribution >= 4 is 0 Å². The van der Waals surface area contributed by atoms with Gasteiger partial charge in [0.1, 0.15) is 0 Å². The van der Waals surface area contributed by atoms with Crippen molar-refractivity contribution in [3.63, 3.8) is 0 Å². The first-order valence-corrected chi connectivity index (χ1v) is 6.50. The van der Waals surface area contributed by atoms with Crippen LogP contribution in [-0.4, -0.2) is 21.2 Å². The lowest BCUT2D eigenvalue weighted by molar-refractivity contribution is 0.366. The van der Waals surface area contributed by atoms with Gasteiger partial charge in [0.25, 0.3) is 0 Å². The highest BCUT2D eigenvalue weighted by Crippen LogP contribution is 2.05. The molecule has 0 unspecified atom stereocenters. The number of aromatic nitrogens is 2. The minimum absolute atomic E-state index is 0.1000. The van der Waals surface area contributed by atoms with Crippen LogP contribution in [0, 0.1) is 0 Å². The Kier molecular flexibility index (Phi) is 5.00. The molecule has 0 amide bonds. The van der Waals surface area contributed by atoms with Gasteiger partial charge in [-0.1, -0.05) is 13.8 Å². The van der Waals surface area contributed by atoms with Crippen LogP contribution in [-0.2, 0) is 13.1 Å². The van der Waals surface area contributed by atoms with Gasteiger partial charge in [-0.3, -0.25) is 9.13 Å². The summed E-state index contributed by atoms with van der Waals surface area (Å²) in [6.07, 6.45) is 5.82. The van der Waals surface area contributed by atoms with Crippen LogP contribution in [0.25, 0.3) is 0 Å². The minimum Gasteiger partial charge on any atom is -0.310 e. The van der Waals surface area contributed by atoms with E-state index in [1.807, 2.05) is 12.4 Å². The number of hydrogen-bond donors (Lipinski definition) is 1. The highest BCUT2D eigenvalue weighted by Gasteiger charge is 2.13. The van der Waals surface area contributed by atoms with Gasteiger partial charge < -0.3 is 5.32 Å². The zero-order chi connectivity index (χ0) is 12.9. The van der Waals surface area contributed by atoms with Crippen LogP contribution in [0.1, 0.15) is 40.5 Å². The Morgan fingerprint density at radius 1 is 1.18 bits per heavy atom. The molecule has 0 saturated heterocycles. The maximum atomic E-state index is 11.9. The normalized spacial score (nSPS) is 12.0. The van der Waals surface area contributed by atoms with Crippen LogP contribution in [0.15, 0.2) is 17.2 Å². The summed E-state index contributed by atoms with van der Waals surface area (Å²) in [7, 11) is 0. The van der Waals surface area contributed by atoms with Gasteiger partial charge in [0.05, 0.1) is 0 Å². The molecule has 1 N–H and O–H groups in total. The van der Waals surface area contributed by atoms with E-state index in [9.17, 15) is 4.79 Å². The van der Waals surface area contributed by atoms with E-state index in [0.29, 0.717) is 0 Å². The predicted molar refractivity (Wildman–Crippen MR) is 71.4 cm³/mol. The molecule has 0 saturated carbocycles. The number of nitrogens with zero attached hydrogens (tertiary/aromatic N) is 2. The lowest BCUT2D eigenvalue weighted by Crippen LogP contribution is -2.41. The first kappa shape index (κ1) is 14.0. The van der Waals surface area contributed by atoms with Crippen LogP contribution >= 0.6 is 0 Å². The molecule has 1 aromatic heterocycles. The minimum atomic E-state index is 0.1000. The van der Waals surface area contributed by atoms with Crippen molar-refractivity contribution in [2.75, 3.05) is 6.54 Å². The number of aryl methyl sites for hydroxylation is 1. The highest BCUT2D eigenvalue weighted by molar-refractivity contribution is 4.82. The molecule has 1 heterocycles. The van der Waals surface area contributed by atoms with Crippen molar-refractivity contribution in [2.45, 2.75) is 59.2 Å². The SMILES string of the molecule is CCCn1ccn(CCNC(C)(C)CC)c1=O. The summed E-state index contributed by atoms with van der Waals surface area (Å²) in [5, 5.41) is 3.46. The second kappa shape index (κ2) is 6.05. The van der Waals surface area contributed by atoms with E-state index in [4.69, 9.17) is 0 Å². The third kappa shape index (κ3) is 4.04. The lowest BCUT2D eigenvalue weighted by atomic mass is 10.0. The lowest BCUT2D eigenvalue weighted by Gasteiger charge is -2.24. The van der Waals surface area contributed by atoms with Crippen molar-refractivity contribution in [3.8, 4) is 0 Å². The van der Waals surface area contributed by atoms with E-state index in [0.717, 1.165) is 32.5 Å². The maximum Gasteiger partial charge on any atom is 0.328 e. The van der Waals surface area contributed by atoms with Crippen molar-refractivity contribution in [3.05, 3.63) is 22.9 Å². The molecule has 17 heavy (non-hydrogen) atoms. The van der Waals surface area contributed by atoms with Crippen molar-refractivity contribution in [1.29, 1.82) is 0 Å². The standard InChI is InChI=1S/C13H25N3O/c1-5-8-15-10-11-16(12(15)17)9-7-14-13(3,4)6-2/h10-11,14H,5-9H2,1-4H3. The number of hydrogen-bond acceptors (Lipinski definition) is 2. The molecule has 0 radical (unpaired) electrons. The third-order valence-corrected chi connectivity index (χ3v) is 3.22. The Bertz CT molecular complexity index is 390. The molecular formula is C13H25N3O. The summed E-state index contributed by atoms with van der Waals surface area (Å²) < 4.78 is 3.54. The fourth-order valence-corrected chi connectivity index (χ4v) is 1.67. The summed E-state index contributed by atoms with van der Waals surface area (Å²) in [5.74, 6) is 0. The second-order valence-electron chi connectivity index (χ2n) is 5.13. The molecule has 0 aliphatic heterocycles. The molecule has 98 valence electrons. The predicted octanol–water partition coefficient (Wildman–Crippen LogP) is 1.84. The smallest absolute Gasteiger partial charge is 0.310 e. The molecule has 0 atom stereocenters. The Morgan fingerprint density at radius 2 is 1.76 bits per heavy atom. The van der Waals surface area contributed by atoms with Crippen LogP contribution in [0.4, 0.5) is 0 Å². The summed E-state index contributed by atoms with van der Waals surface area (Å²) >= 11 is 0. The zero-order valence-corrected chi connectivity index (χ0v) is 11.5. The van der Waals surface area contributed by atoms with Gasteiger partial charge in [0, 0.05) is 37.6 Å². The first-order chi connectivity index (χ1) is 8.00.